The Morgan fingerprint density at radius 2 is 1.67 bits per heavy atom. The lowest BCUT2D eigenvalue weighted by Gasteiger charge is -2.26. The number of hydrogen-bond donors (Lipinski definition) is 0. The van der Waals surface area contributed by atoms with Crippen molar-refractivity contribution in [1.29, 1.82) is 0 Å². The molecule has 1 aromatic carbocycles. The van der Waals surface area contributed by atoms with Crippen LogP contribution >= 0.6 is 0 Å². The minimum atomic E-state index is -0.0575. The van der Waals surface area contributed by atoms with Gasteiger partial charge in [-0.15, -0.1) is 16.4 Å². The van der Waals surface area contributed by atoms with Gasteiger partial charge in [-0.25, -0.2) is 0 Å². The van der Waals surface area contributed by atoms with Gasteiger partial charge in [-0.2, -0.15) is 0 Å². The first-order valence-corrected chi connectivity index (χ1v) is 8.48. The van der Waals surface area contributed by atoms with E-state index in [0.717, 1.165) is 42.4 Å². The maximum Gasteiger partial charge on any atom is 0.114 e. The molecule has 0 radical (unpaired) electrons. The summed E-state index contributed by atoms with van der Waals surface area (Å²) in [7, 11) is 0. The molecule has 0 aliphatic heterocycles. The molecule has 0 N–H and O–H groups in total. The van der Waals surface area contributed by atoms with Crippen molar-refractivity contribution in [2.24, 2.45) is 16.3 Å². The van der Waals surface area contributed by atoms with Crippen molar-refractivity contribution >= 4 is 11.4 Å². The Morgan fingerprint density at radius 3 is 2.04 bits per heavy atom. The molecule has 0 aliphatic rings. The fourth-order valence-electron chi connectivity index (χ4n) is 3.26. The smallest absolute Gasteiger partial charge is 0.114 e. The molecule has 4 nitrogen and oxygen atoms in total. The number of aryl methyl sites for hydroxylation is 1. The quantitative estimate of drug-likeness (QED) is 0.340. The Morgan fingerprint density at radius 1 is 1.12 bits per heavy atom. The summed E-state index contributed by atoms with van der Waals surface area (Å²) >= 11 is 0. The Labute approximate surface area is 145 Å². The third-order valence-electron chi connectivity index (χ3n) is 4.51. The van der Waals surface area contributed by atoms with E-state index in [1.165, 1.54) is 0 Å². The van der Waals surface area contributed by atoms with Gasteiger partial charge in [0.2, 0.25) is 0 Å². The van der Waals surface area contributed by atoms with E-state index in [2.05, 4.69) is 23.5 Å². The predicted molar refractivity (Wildman–Crippen MR) is 102 cm³/mol. The summed E-state index contributed by atoms with van der Waals surface area (Å²) in [5.74, 6) is 0.0812. The van der Waals surface area contributed by atoms with Gasteiger partial charge >= 0.3 is 0 Å². The molecule has 1 rings (SSSR count). The summed E-state index contributed by atoms with van der Waals surface area (Å²) in [6.07, 6.45) is 3.47. The average molecular weight is 328 g/mol. The van der Waals surface area contributed by atoms with Gasteiger partial charge in [0.15, 0.2) is 0 Å². The molecule has 0 amide bonds. The predicted octanol–water partition coefficient (Wildman–Crippen LogP) is 7.09. The number of allylic oxidation sites excluding steroid dienone is 2. The van der Waals surface area contributed by atoms with E-state index in [0.29, 0.717) is 16.9 Å². The highest BCUT2D eigenvalue weighted by Gasteiger charge is 2.26. The molecule has 24 heavy (non-hydrogen) atoms. The molecule has 130 valence electrons. The molecular formula is C20H28N2O2. The van der Waals surface area contributed by atoms with Gasteiger partial charge in [-0.1, -0.05) is 38.0 Å². The van der Waals surface area contributed by atoms with E-state index in [4.69, 9.17) is 0 Å². The second-order valence-electron chi connectivity index (χ2n) is 6.72. The molecule has 0 aromatic heterocycles. The molecule has 0 saturated carbocycles. The van der Waals surface area contributed by atoms with Crippen molar-refractivity contribution in [1.82, 2.24) is 0 Å². The number of nitrogens with zero attached hydrogens (tertiary/aromatic N) is 2. The summed E-state index contributed by atoms with van der Waals surface area (Å²) in [4.78, 5) is 22.8. The standard InChI is InChI=1S/C20H28N2O2/c1-7-8-16-11-18(21-23)20(19(12-16)22-24)15(6)17(14(4)5)10-9-13(2)3/h11-12,15,17H,2,4,7-10H2,1,3,5-6H3. The summed E-state index contributed by atoms with van der Waals surface area (Å²) in [6, 6.07) is 3.57. The maximum atomic E-state index is 11.4. The Bertz CT molecular complexity index is 606. The highest BCUT2D eigenvalue weighted by molar-refractivity contribution is 5.64. The molecule has 0 spiro atoms. The van der Waals surface area contributed by atoms with E-state index >= 15 is 0 Å². The van der Waals surface area contributed by atoms with Crippen LogP contribution in [0.4, 0.5) is 11.4 Å². The van der Waals surface area contributed by atoms with Gasteiger partial charge in [0.25, 0.3) is 0 Å². The van der Waals surface area contributed by atoms with Crippen LogP contribution in [0.25, 0.3) is 0 Å². The van der Waals surface area contributed by atoms with Crippen LogP contribution in [-0.4, -0.2) is 0 Å². The Hall–Kier alpha value is -2.10. The van der Waals surface area contributed by atoms with E-state index in [9.17, 15) is 9.81 Å². The lowest BCUT2D eigenvalue weighted by atomic mass is 9.78. The van der Waals surface area contributed by atoms with Crippen LogP contribution in [0.2, 0.25) is 0 Å². The Balaban J connectivity index is 3.34. The molecule has 0 aliphatic carbocycles. The highest BCUT2D eigenvalue weighted by Crippen LogP contribution is 2.43. The van der Waals surface area contributed by atoms with Crippen molar-refractivity contribution in [3.05, 3.63) is 57.4 Å². The molecule has 0 fully saturated rings. The van der Waals surface area contributed by atoms with E-state index in [-0.39, 0.29) is 11.8 Å². The van der Waals surface area contributed by atoms with E-state index in [1.54, 1.807) is 12.1 Å². The van der Waals surface area contributed by atoms with Crippen LogP contribution in [0.5, 0.6) is 0 Å². The molecule has 4 heteroatoms. The molecule has 2 unspecified atom stereocenters. The minimum Gasteiger partial charge on any atom is -0.145 e. The van der Waals surface area contributed by atoms with Gasteiger partial charge < -0.3 is 0 Å². The van der Waals surface area contributed by atoms with Crippen molar-refractivity contribution in [3.8, 4) is 0 Å². The van der Waals surface area contributed by atoms with Gasteiger partial charge in [0.1, 0.15) is 11.4 Å². The molecule has 1 aromatic rings. The fourth-order valence-corrected chi connectivity index (χ4v) is 3.26. The van der Waals surface area contributed by atoms with Crippen molar-refractivity contribution in [3.63, 3.8) is 0 Å². The van der Waals surface area contributed by atoms with E-state index < -0.39 is 0 Å². The van der Waals surface area contributed by atoms with Gasteiger partial charge in [0, 0.05) is 5.56 Å². The van der Waals surface area contributed by atoms with Crippen LogP contribution < -0.4 is 0 Å². The average Bonchev–Trinajstić information content (AvgIpc) is 2.53. The lowest BCUT2D eigenvalue weighted by molar-refractivity contribution is 0.479. The fraction of sp³-hybridized carbons (Fsp3) is 0.500. The van der Waals surface area contributed by atoms with Gasteiger partial charge in [-0.05, 0) is 73.0 Å². The number of hydrogen-bond acceptors (Lipinski definition) is 4. The maximum absolute atomic E-state index is 11.4. The first kappa shape index (κ1) is 19.9. The van der Waals surface area contributed by atoms with Crippen LogP contribution in [0.1, 0.15) is 64.0 Å². The van der Waals surface area contributed by atoms with Gasteiger partial charge in [0.05, 0.1) is 0 Å². The summed E-state index contributed by atoms with van der Waals surface area (Å²) in [6.45, 7) is 16.1. The zero-order valence-electron chi connectivity index (χ0n) is 15.3. The zero-order chi connectivity index (χ0) is 18.3. The van der Waals surface area contributed by atoms with Crippen LogP contribution in [0.15, 0.2) is 46.8 Å². The topological polar surface area (TPSA) is 58.9 Å². The summed E-state index contributed by atoms with van der Waals surface area (Å²) < 4.78 is 0. The van der Waals surface area contributed by atoms with Crippen LogP contribution in [0.3, 0.4) is 0 Å². The normalized spacial score (nSPS) is 13.2. The largest absolute Gasteiger partial charge is 0.145 e. The first-order chi connectivity index (χ1) is 11.3. The van der Waals surface area contributed by atoms with Gasteiger partial charge in [-0.3, -0.25) is 0 Å². The summed E-state index contributed by atoms with van der Waals surface area (Å²) in [5, 5.41) is 6.37. The third-order valence-corrected chi connectivity index (χ3v) is 4.51. The number of rotatable bonds is 10. The molecule has 0 heterocycles. The zero-order valence-corrected chi connectivity index (χ0v) is 15.3. The first-order valence-electron chi connectivity index (χ1n) is 8.48. The highest BCUT2D eigenvalue weighted by atomic mass is 16.3. The summed E-state index contributed by atoms with van der Waals surface area (Å²) in [5.41, 5.74) is 4.33. The molecule has 0 saturated heterocycles. The monoisotopic (exact) mass is 328 g/mol. The van der Waals surface area contributed by atoms with E-state index in [1.807, 2.05) is 27.7 Å². The molecular weight excluding hydrogens is 300 g/mol. The molecule has 0 bridgehead atoms. The minimum absolute atomic E-state index is 0.0575. The lowest BCUT2D eigenvalue weighted by Crippen LogP contribution is -2.12. The van der Waals surface area contributed by atoms with Crippen LogP contribution in [-0.2, 0) is 6.42 Å². The SMILES string of the molecule is C=C(C)CCC(C(=C)C)C(C)c1c(N=O)cc(CCC)cc1N=O. The van der Waals surface area contributed by atoms with Crippen molar-refractivity contribution in [2.45, 2.75) is 59.3 Å². The van der Waals surface area contributed by atoms with Crippen molar-refractivity contribution in [2.75, 3.05) is 0 Å². The second-order valence-corrected chi connectivity index (χ2v) is 6.72. The number of nitroso groups, excluding NO2 is 2. The van der Waals surface area contributed by atoms with Crippen molar-refractivity contribution < 1.29 is 0 Å². The number of benzene rings is 1. The third kappa shape index (κ3) is 4.95. The Kier molecular flexibility index (Phi) is 7.69. The second kappa shape index (κ2) is 9.26. The van der Waals surface area contributed by atoms with Crippen LogP contribution in [0, 0.1) is 15.7 Å². The molecule has 2 atom stereocenters.